The van der Waals surface area contributed by atoms with Crippen LogP contribution in [0.5, 0.6) is 5.75 Å². The highest BCUT2D eigenvalue weighted by atomic mass is 19.4. The number of hydrogen-bond donors (Lipinski definition) is 1. The molecule has 1 aromatic carbocycles. The lowest BCUT2D eigenvalue weighted by atomic mass is 10.1. The lowest BCUT2D eigenvalue weighted by Gasteiger charge is -2.11. The predicted octanol–water partition coefficient (Wildman–Crippen LogP) is 4.01. The summed E-state index contributed by atoms with van der Waals surface area (Å²) in [6.45, 7) is 1.91. The van der Waals surface area contributed by atoms with Gasteiger partial charge in [-0.1, -0.05) is 12.1 Å². The number of ether oxygens (including phenoxy) is 1. The van der Waals surface area contributed by atoms with E-state index in [-0.39, 0.29) is 12.2 Å². The summed E-state index contributed by atoms with van der Waals surface area (Å²) in [5.41, 5.74) is 3.79. The first-order chi connectivity index (χ1) is 16.3. The van der Waals surface area contributed by atoms with Crippen LogP contribution in [0.4, 0.5) is 13.2 Å². The molecular formula is C25H23F3N4O2. The van der Waals surface area contributed by atoms with Crippen LogP contribution in [0.1, 0.15) is 22.5 Å². The average molecular weight is 468 g/mol. The second kappa shape index (κ2) is 8.64. The molecule has 0 unspecified atom stereocenters. The van der Waals surface area contributed by atoms with E-state index in [1.54, 1.807) is 16.8 Å². The quantitative estimate of drug-likeness (QED) is 0.492. The molecule has 0 spiro atoms. The van der Waals surface area contributed by atoms with Crippen molar-refractivity contribution in [2.24, 2.45) is 7.05 Å². The molecule has 6 nitrogen and oxygen atoms in total. The van der Waals surface area contributed by atoms with Crippen molar-refractivity contribution >= 4 is 10.9 Å². The molecular weight excluding hydrogens is 445 g/mol. The minimum Gasteiger partial charge on any atom is -0.489 e. The van der Waals surface area contributed by atoms with Crippen LogP contribution in [0.25, 0.3) is 16.6 Å². The number of nitrogens with zero attached hydrogens (tertiary/aromatic N) is 3. The number of hydrogen-bond acceptors (Lipinski definition) is 4. The maximum absolute atomic E-state index is 12.8. The van der Waals surface area contributed by atoms with E-state index in [4.69, 9.17) is 4.74 Å². The minimum atomic E-state index is -4.48. The number of alkyl halides is 3. The molecule has 34 heavy (non-hydrogen) atoms. The van der Waals surface area contributed by atoms with Crippen LogP contribution in [-0.2, 0) is 32.7 Å². The zero-order chi connectivity index (χ0) is 23.9. The van der Waals surface area contributed by atoms with Gasteiger partial charge in [-0.3, -0.25) is 14.3 Å². The van der Waals surface area contributed by atoms with Crippen molar-refractivity contribution in [2.75, 3.05) is 13.1 Å². The number of fused-ring (bicyclic) bond motifs is 3. The number of pyridine rings is 2. The van der Waals surface area contributed by atoms with Crippen LogP contribution in [0, 0.1) is 0 Å². The van der Waals surface area contributed by atoms with Gasteiger partial charge in [-0.25, -0.2) is 0 Å². The molecule has 0 atom stereocenters. The molecule has 0 fully saturated rings. The van der Waals surface area contributed by atoms with Crippen molar-refractivity contribution in [3.63, 3.8) is 0 Å². The number of rotatable bonds is 4. The van der Waals surface area contributed by atoms with Crippen LogP contribution >= 0.6 is 0 Å². The number of nitrogens with one attached hydrogen (secondary N) is 1. The fraction of sp³-hybridized carbons (Fsp3) is 0.280. The number of aromatic nitrogens is 3. The van der Waals surface area contributed by atoms with E-state index in [0.29, 0.717) is 11.3 Å². The van der Waals surface area contributed by atoms with Gasteiger partial charge in [-0.2, -0.15) is 13.2 Å². The van der Waals surface area contributed by atoms with Crippen molar-refractivity contribution in [3.8, 4) is 11.4 Å². The molecule has 5 rings (SSSR count). The average Bonchev–Trinajstić information content (AvgIpc) is 2.96. The van der Waals surface area contributed by atoms with Gasteiger partial charge in [0.2, 0.25) is 0 Å². The maximum Gasteiger partial charge on any atom is 0.433 e. The van der Waals surface area contributed by atoms with Crippen LogP contribution < -0.4 is 15.6 Å². The van der Waals surface area contributed by atoms with E-state index in [1.807, 2.05) is 12.1 Å². The Hall–Kier alpha value is -3.59. The smallest absolute Gasteiger partial charge is 0.433 e. The van der Waals surface area contributed by atoms with Crippen molar-refractivity contribution < 1.29 is 17.9 Å². The zero-order valence-corrected chi connectivity index (χ0v) is 18.5. The fourth-order valence-corrected chi connectivity index (χ4v) is 4.46. The van der Waals surface area contributed by atoms with Gasteiger partial charge in [0.05, 0.1) is 11.2 Å². The Bertz CT molecular complexity index is 1400. The summed E-state index contributed by atoms with van der Waals surface area (Å²) in [5.74, 6) is 0.334. The summed E-state index contributed by atoms with van der Waals surface area (Å²) in [6, 6.07) is 11.3. The first kappa shape index (κ1) is 22.2. The molecule has 0 amide bonds. The molecule has 176 valence electrons. The Balaban J connectivity index is 1.36. The standard InChI is InChI=1S/C25H23F3N4O2/c1-31-21-7-10-29-9-6-20(21)19-4-3-17(12-22(19)31)32-11-8-18(13-24(32)33)34-15-16-2-5-23(30-14-16)25(26,27)28/h2-5,8,11-14,29H,6-7,9-10,15H2,1H3. The number of aryl methyl sites for hydroxylation is 1. The Morgan fingerprint density at radius 1 is 1.09 bits per heavy atom. The fourth-order valence-electron chi connectivity index (χ4n) is 4.46. The molecule has 0 aliphatic carbocycles. The van der Waals surface area contributed by atoms with Gasteiger partial charge in [0.15, 0.2) is 0 Å². The van der Waals surface area contributed by atoms with Gasteiger partial charge >= 0.3 is 6.18 Å². The molecule has 0 radical (unpaired) electrons. The summed E-state index contributed by atoms with van der Waals surface area (Å²) >= 11 is 0. The molecule has 1 aliphatic rings. The van der Waals surface area contributed by atoms with Crippen LogP contribution in [0.15, 0.2) is 59.7 Å². The summed E-state index contributed by atoms with van der Waals surface area (Å²) in [6.07, 6.45) is 0.225. The molecule has 1 aliphatic heterocycles. The molecule has 4 heterocycles. The summed E-state index contributed by atoms with van der Waals surface area (Å²) in [7, 11) is 2.06. The predicted molar refractivity (Wildman–Crippen MR) is 122 cm³/mol. The normalized spacial score (nSPS) is 14.1. The van der Waals surface area contributed by atoms with E-state index in [9.17, 15) is 18.0 Å². The largest absolute Gasteiger partial charge is 0.489 e. The van der Waals surface area contributed by atoms with Gasteiger partial charge in [0.25, 0.3) is 5.56 Å². The van der Waals surface area contributed by atoms with Crippen LogP contribution in [0.3, 0.4) is 0 Å². The number of halogens is 3. The molecule has 4 aromatic rings. The Morgan fingerprint density at radius 2 is 1.91 bits per heavy atom. The monoisotopic (exact) mass is 468 g/mol. The second-order valence-electron chi connectivity index (χ2n) is 8.34. The van der Waals surface area contributed by atoms with Crippen molar-refractivity contribution in [3.05, 3.63) is 87.7 Å². The third-order valence-electron chi connectivity index (χ3n) is 6.20. The van der Waals surface area contributed by atoms with Gasteiger partial charge < -0.3 is 14.6 Å². The molecule has 9 heteroatoms. The second-order valence-corrected chi connectivity index (χ2v) is 8.34. The SMILES string of the molecule is Cn1c2c(c3ccc(-n4ccc(OCc5ccc(C(F)(F)F)nc5)cc4=O)cc31)CCNCC2. The van der Waals surface area contributed by atoms with E-state index < -0.39 is 11.9 Å². The van der Waals surface area contributed by atoms with E-state index >= 15 is 0 Å². The molecule has 0 bridgehead atoms. The summed E-state index contributed by atoms with van der Waals surface area (Å²) < 4.78 is 47.3. The van der Waals surface area contributed by atoms with Crippen molar-refractivity contribution in [1.29, 1.82) is 0 Å². The molecule has 0 saturated carbocycles. The molecule has 1 N–H and O–H groups in total. The van der Waals surface area contributed by atoms with Crippen molar-refractivity contribution in [2.45, 2.75) is 25.6 Å². The first-order valence-electron chi connectivity index (χ1n) is 11.0. The van der Waals surface area contributed by atoms with Crippen LogP contribution in [0.2, 0.25) is 0 Å². The molecule has 0 saturated heterocycles. The highest BCUT2D eigenvalue weighted by Gasteiger charge is 2.32. The Morgan fingerprint density at radius 3 is 2.65 bits per heavy atom. The topological polar surface area (TPSA) is 61.1 Å². The Kier molecular flexibility index (Phi) is 5.65. The van der Waals surface area contributed by atoms with Crippen molar-refractivity contribution in [1.82, 2.24) is 19.4 Å². The van der Waals surface area contributed by atoms with E-state index in [2.05, 4.69) is 28.0 Å². The third kappa shape index (κ3) is 4.19. The lowest BCUT2D eigenvalue weighted by molar-refractivity contribution is -0.141. The molecule has 3 aromatic heterocycles. The highest BCUT2D eigenvalue weighted by Crippen LogP contribution is 2.29. The first-order valence-corrected chi connectivity index (χ1v) is 11.0. The summed E-state index contributed by atoms with van der Waals surface area (Å²) in [4.78, 5) is 16.2. The third-order valence-corrected chi connectivity index (χ3v) is 6.20. The summed E-state index contributed by atoms with van der Waals surface area (Å²) in [5, 5.41) is 4.64. The van der Waals surface area contributed by atoms with Gasteiger partial charge in [-0.05, 0) is 42.8 Å². The van der Waals surface area contributed by atoms with Crippen LogP contribution in [-0.4, -0.2) is 27.2 Å². The minimum absolute atomic E-state index is 0.00428. The van der Waals surface area contributed by atoms with E-state index in [0.717, 1.165) is 49.4 Å². The van der Waals surface area contributed by atoms with Gasteiger partial charge in [-0.15, -0.1) is 0 Å². The maximum atomic E-state index is 12.8. The van der Waals surface area contributed by atoms with Gasteiger partial charge in [0, 0.05) is 55.1 Å². The lowest BCUT2D eigenvalue weighted by Crippen LogP contribution is -2.17. The zero-order valence-electron chi connectivity index (χ0n) is 18.5. The number of benzene rings is 1. The highest BCUT2D eigenvalue weighted by molar-refractivity contribution is 5.87. The Labute approximate surface area is 193 Å². The van der Waals surface area contributed by atoms with Gasteiger partial charge in [0.1, 0.15) is 18.1 Å². The van der Waals surface area contributed by atoms with E-state index in [1.165, 1.54) is 28.8 Å².